The number of hydrogen-bond donors (Lipinski definition) is 2. The second kappa shape index (κ2) is 4.43. The minimum atomic E-state index is -0.956. The van der Waals surface area contributed by atoms with Gasteiger partial charge in [0.2, 0.25) is 0 Å². The number of rotatable bonds is 4. The van der Waals surface area contributed by atoms with Gasteiger partial charge < -0.3 is 9.84 Å². The lowest BCUT2D eigenvalue weighted by Gasteiger charge is -2.03. The first-order valence-corrected chi connectivity index (χ1v) is 4.56. The summed E-state index contributed by atoms with van der Waals surface area (Å²) in [5.74, 6) is -0.365. The SMILES string of the molecule is O=C(O)c1ccc(OCc2cn[nH]n2)cc1. The van der Waals surface area contributed by atoms with Crippen molar-refractivity contribution in [2.24, 2.45) is 0 Å². The quantitative estimate of drug-likeness (QED) is 0.803. The van der Waals surface area contributed by atoms with E-state index in [2.05, 4.69) is 15.4 Å². The Labute approximate surface area is 90.9 Å². The highest BCUT2D eigenvalue weighted by Gasteiger charge is 2.02. The first kappa shape index (κ1) is 10.2. The van der Waals surface area contributed by atoms with Crippen LogP contribution in [-0.2, 0) is 6.61 Å². The Morgan fingerprint density at radius 1 is 1.38 bits per heavy atom. The zero-order valence-corrected chi connectivity index (χ0v) is 8.25. The minimum Gasteiger partial charge on any atom is -0.487 e. The molecule has 2 N–H and O–H groups in total. The van der Waals surface area contributed by atoms with Gasteiger partial charge in [0.15, 0.2) is 0 Å². The molecule has 0 amide bonds. The fraction of sp³-hybridized carbons (Fsp3) is 0.100. The van der Waals surface area contributed by atoms with Crippen molar-refractivity contribution in [3.63, 3.8) is 0 Å². The molecule has 6 nitrogen and oxygen atoms in total. The molecule has 1 heterocycles. The summed E-state index contributed by atoms with van der Waals surface area (Å²) in [4.78, 5) is 10.6. The van der Waals surface area contributed by atoms with E-state index in [-0.39, 0.29) is 5.56 Å². The Hall–Kier alpha value is -2.37. The molecular formula is C10H9N3O3. The van der Waals surface area contributed by atoms with Crippen molar-refractivity contribution in [2.75, 3.05) is 0 Å². The normalized spacial score (nSPS) is 10.0. The van der Waals surface area contributed by atoms with Gasteiger partial charge in [-0.2, -0.15) is 15.4 Å². The lowest BCUT2D eigenvalue weighted by Crippen LogP contribution is -1.98. The van der Waals surface area contributed by atoms with Gasteiger partial charge in [-0.25, -0.2) is 4.79 Å². The van der Waals surface area contributed by atoms with Crippen molar-refractivity contribution in [1.82, 2.24) is 15.4 Å². The zero-order chi connectivity index (χ0) is 11.4. The number of aromatic amines is 1. The standard InChI is InChI=1S/C10H9N3O3/c14-10(15)7-1-3-9(4-2-7)16-6-8-5-11-13-12-8/h1-5H,6H2,(H,14,15)(H,11,12,13). The average Bonchev–Trinajstić information content (AvgIpc) is 2.80. The van der Waals surface area contributed by atoms with Crippen LogP contribution in [-0.4, -0.2) is 26.5 Å². The molecule has 0 unspecified atom stereocenters. The summed E-state index contributed by atoms with van der Waals surface area (Å²) in [5, 5.41) is 18.6. The second-order valence-corrected chi connectivity index (χ2v) is 3.08. The van der Waals surface area contributed by atoms with E-state index in [9.17, 15) is 4.79 Å². The molecule has 0 fully saturated rings. The molecular weight excluding hydrogens is 210 g/mol. The van der Waals surface area contributed by atoms with Crippen molar-refractivity contribution >= 4 is 5.97 Å². The summed E-state index contributed by atoms with van der Waals surface area (Å²) in [7, 11) is 0. The first-order chi connectivity index (χ1) is 7.75. The minimum absolute atomic E-state index is 0.230. The number of carbonyl (C=O) groups is 1. The van der Waals surface area contributed by atoms with Crippen LogP contribution >= 0.6 is 0 Å². The molecule has 1 aromatic carbocycles. The van der Waals surface area contributed by atoms with Crippen molar-refractivity contribution in [1.29, 1.82) is 0 Å². The van der Waals surface area contributed by atoms with E-state index < -0.39 is 5.97 Å². The van der Waals surface area contributed by atoms with Gasteiger partial charge in [-0.15, -0.1) is 0 Å². The van der Waals surface area contributed by atoms with Gasteiger partial charge in [0.25, 0.3) is 0 Å². The van der Waals surface area contributed by atoms with E-state index in [1.807, 2.05) is 0 Å². The molecule has 1 aromatic heterocycles. The third-order valence-corrected chi connectivity index (χ3v) is 1.95. The van der Waals surface area contributed by atoms with E-state index >= 15 is 0 Å². The van der Waals surface area contributed by atoms with Crippen LogP contribution in [0.5, 0.6) is 5.75 Å². The summed E-state index contributed by atoms with van der Waals surface area (Å²) in [6, 6.07) is 6.17. The van der Waals surface area contributed by atoms with E-state index in [0.717, 1.165) is 0 Å². The molecule has 16 heavy (non-hydrogen) atoms. The molecule has 0 spiro atoms. The highest BCUT2D eigenvalue weighted by molar-refractivity contribution is 5.87. The molecule has 6 heteroatoms. The molecule has 82 valence electrons. The van der Waals surface area contributed by atoms with Crippen LogP contribution < -0.4 is 4.74 Å². The highest BCUT2D eigenvalue weighted by atomic mass is 16.5. The van der Waals surface area contributed by atoms with Crippen LogP contribution in [0.1, 0.15) is 16.1 Å². The monoisotopic (exact) mass is 219 g/mol. The number of aromatic carboxylic acids is 1. The van der Waals surface area contributed by atoms with Crippen LogP contribution in [0.3, 0.4) is 0 Å². The number of nitrogens with zero attached hydrogens (tertiary/aromatic N) is 2. The molecule has 0 radical (unpaired) electrons. The fourth-order valence-corrected chi connectivity index (χ4v) is 1.15. The molecule has 0 saturated heterocycles. The van der Waals surface area contributed by atoms with Crippen molar-refractivity contribution < 1.29 is 14.6 Å². The summed E-state index contributed by atoms with van der Waals surface area (Å²) in [5.41, 5.74) is 0.913. The molecule has 0 atom stereocenters. The number of aromatic nitrogens is 3. The van der Waals surface area contributed by atoms with E-state index in [1.165, 1.54) is 12.1 Å². The van der Waals surface area contributed by atoms with Gasteiger partial charge in [0.05, 0.1) is 11.8 Å². The number of carboxylic acids is 1. The van der Waals surface area contributed by atoms with Crippen molar-refractivity contribution in [2.45, 2.75) is 6.61 Å². The van der Waals surface area contributed by atoms with Gasteiger partial charge in [-0.05, 0) is 24.3 Å². The zero-order valence-electron chi connectivity index (χ0n) is 8.25. The fourth-order valence-electron chi connectivity index (χ4n) is 1.15. The Balaban J connectivity index is 1.98. The van der Waals surface area contributed by atoms with Crippen LogP contribution in [0.2, 0.25) is 0 Å². The van der Waals surface area contributed by atoms with Gasteiger partial charge >= 0.3 is 5.97 Å². The van der Waals surface area contributed by atoms with Gasteiger partial charge in [-0.3, -0.25) is 0 Å². The van der Waals surface area contributed by atoms with Crippen LogP contribution in [0.25, 0.3) is 0 Å². The summed E-state index contributed by atoms with van der Waals surface area (Å²) in [6.07, 6.45) is 1.56. The van der Waals surface area contributed by atoms with Gasteiger partial charge in [0, 0.05) is 0 Å². The van der Waals surface area contributed by atoms with E-state index in [1.54, 1.807) is 18.3 Å². The maximum Gasteiger partial charge on any atom is 0.335 e. The van der Waals surface area contributed by atoms with Crippen LogP contribution in [0.15, 0.2) is 30.5 Å². The van der Waals surface area contributed by atoms with Gasteiger partial charge in [0.1, 0.15) is 18.1 Å². The summed E-state index contributed by atoms with van der Waals surface area (Å²) >= 11 is 0. The molecule has 0 bridgehead atoms. The average molecular weight is 219 g/mol. The number of ether oxygens (including phenoxy) is 1. The van der Waals surface area contributed by atoms with E-state index in [0.29, 0.717) is 18.1 Å². The number of nitrogens with one attached hydrogen (secondary N) is 1. The number of benzene rings is 1. The largest absolute Gasteiger partial charge is 0.487 e. The summed E-state index contributed by atoms with van der Waals surface area (Å²) in [6.45, 7) is 0.295. The Bertz CT molecular complexity index is 465. The lowest BCUT2D eigenvalue weighted by atomic mass is 10.2. The number of H-pyrrole nitrogens is 1. The topological polar surface area (TPSA) is 88.1 Å². The lowest BCUT2D eigenvalue weighted by molar-refractivity contribution is 0.0697. The van der Waals surface area contributed by atoms with Crippen LogP contribution in [0.4, 0.5) is 0 Å². The van der Waals surface area contributed by atoms with Gasteiger partial charge in [-0.1, -0.05) is 0 Å². The molecule has 0 aliphatic heterocycles. The third kappa shape index (κ3) is 2.35. The molecule has 0 saturated carbocycles. The van der Waals surface area contributed by atoms with E-state index in [4.69, 9.17) is 9.84 Å². The maximum atomic E-state index is 10.6. The van der Waals surface area contributed by atoms with Crippen LogP contribution in [0, 0.1) is 0 Å². The second-order valence-electron chi connectivity index (χ2n) is 3.08. The number of carboxylic acid groups (broad SMARTS) is 1. The maximum absolute atomic E-state index is 10.6. The smallest absolute Gasteiger partial charge is 0.335 e. The summed E-state index contributed by atoms with van der Waals surface area (Å²) < 4.78 is 5.37. The molecule has 2 aromatic rings. The molecule has 2 rings (SSSR count). The Morgan fingerprint density at radius 2 is 2.12 bits per heavy atom. The first-order valence-electron chi connectivity index (χ1n) is 4.56. The predicted octanol–water partition coefficient (Wildman–Crippen LogP) is 1.08. The Kier molecular flexibility index (Phi) is 2.81. The molecule has 0 aliphatic carbocycles. The van der Waals surface area contributed by atoms with Crippen molar-refractivity contribution in [3.8, 4) is 5.75 Å². The van der Waals surface area contributed by atoms with Crippen molar-refractivity contribution in [3.05, 3.63) is 41.7 Å². The Morgan fingerprint density at radius 3 is 2.69 bits per heavy atom. The molecule has 0 aliphatic rings. The third-order valence-electron chi connectivity index (χ3n) is 1.95. The predicted molar refractivity (Wildman–Crippen MR) is 54.1 cm³/mol. The highest BCUT2D eigenvalue weighted by Crippen LogP contribution is 2.13. The number of hydrogen-bond acceptors (Lipinski definition) is 4.